The average molecular weight is 273 g/mol. The van der Waals surface area contributed by atoms with Gasteiger partial charge in [0.15, 0.2) is 11.5 Å². The van der Waals surface area contributed by atoms with Gasteiger partial charge in [0.05, 0.1) is 20.4 Å². The highest BCUT2D eigenvalue weighted by molar-refractivity contribution is 5.82. The summed E-state index contributed by atoms with van der Waals surface area (Å²) in [6.07, 6.45) is 3.25. The summed E-state index contributed by atoms with van der Waals surface area (Å²) in [6, 6.07) is 8.79. The first-order chi connectivity index (χ1) is 9.74. The van der Waals surface area contributed by atoms with Gasteiger partial charge in [-0.1, -0.05) is 6.07 Å². The van der Waals surface area contributed by atoms with Gasteiger partial charge in [0.25, 0.3) is 0 Å². The summed E-state index contributed by atoms with van der Waals surface area (Å²) in [5.41, 5.74) is 3.52. The second-order valence-corrected chi connectivity index (χ2v) is 3.86. The second-order valence-electron chi connectivity index (χ2n) is 3.86. The first-order valence-corrected chi connectivity index (χ1v) is 5.89. The Labute approximate surface area is 116 Å². The van der Waals surface area contributed by atoms with Crippen LogP contribution in [0.4, 0.5) is 5.82 Å². The molecule has 104 valence electrons. The molecule has 6 heteroatoms. The van der Waals surface area contributed by atoms with Crippen molar-refractivity contribution in [3.05, 3.63) is 42.1 Å². The Morgan fingerprint density at radius 2 is 1.90 bits per heavy atom. The van der Waals surface area contributed by atoms with Crippen molar-refractivity contribution in [3.8, 4) is 17.2 Å². The third kappa shape index (κ3) is 3.17. The minimum atomic E-state index is -0.0372. The number of aromatic hydroxyl groups is 1. The first-order valence-electron chi connectivity index (χ1n) is 5.89. The molecule has 2 rings (SSSR count). The Hall–Kier alpha value is -2.76. The number of aromatic nitrogens is 1. The fraction of sp³-hybridized carbons (Fsp3) is 0.143. The monoisotopic (exact) mass is 273 g/mol. The molecule has 1 heterocycles. The molecule has 0 amide bonds. The van der Waals surface area contributed by atoms with Gasteiger partial charge in [-0.2, -0.15) is 5.10 Å². The van der Waals surface area contributed by atoms with E-state index in [2.05, 4.69) is 15.5 Å². The number of pyridine rings is 1. The van der Waals surface area contributed by atoms with Crippen LogP contribution >= 0.6 is 0 Å². The third-order valence-corrected chi connectivity index (χ3v) is 2.56. The maximum atomic E-state index is 9.80. The number of anilines is 1. The van der Waals surface area contributed by atoms with Gasteiger partial charge < -0.3 is 14.6 Å². The van der Waals surface area contributed by atoms with E-state index in [1.165, 1.54) is 14.2 Å². The van der Waals surface area contributed by atoms with Crippen LogP contribution in [0.15, 0.2) is 41.6 Å². The Kier molecular flexibility index (Phi) is 4.39. The Balaban J connectivity index is 2.16. The molecule has 0 atom stereocenters. The highest BCUT2D eigenvalue weighted by Crippen LogP contribution is 2.36. The van der Waals surface area contributed by atoms with Crippen LogP contribution in [-0.4, -0.2) is 30.5 Å². The summed E-state index contributed by atoms with van der Waals surface area (Å²) in [5.74, 6) is 1.25. The van der Waals surface area contributed by atoms with Crippen molar-refractivity contribution >= 4 is 12.0 Å². The lowest BCUT2D eigenvalue weighted by Gasteiger charge is -2.09. The van der Waals surface area contributed by atoms with Gasteiger partial charge in [-0.15, -0.1) is 0 Å². The molecular formula is C14H15N3O3. The lowest BCUT2D eigenvalue weighted by Crippen LogP contribution is -1.95. The summed E-state index contributed by atoms with van der Waals surface area (Å²) in [6.45, 7) is 0. The van der Waals surface area contributed by atoms with E-state index in [1.807, 2.05) is 12.1 Å². The number of nitrogens with one attached hydrogen (secondary N) is 1. The zero-order valence-corrected chi connectivity index (χ0v) is 11.2. The van der Waals surface area contributed by atoms with Crippen LogP contribution < -0.4 is 14.9 Å². The summed E-state index contributed by atoms with van der Waals surface area (Å²) in [7, 11) is 2.95. The lowest BCUT2D eigenvalue weighted by molar-refractivity contribution is 0.340. The molecule has 0 unspecified atom stereocenters. The second kappa shape index (κ2) is 6.42. The molecule has 20 heavy (non-hydrogen) atoms. The van der Waals surface area contributed by atoms with E-state index in [0.717, 1.165) is 5.56 Å². The molecule has 6 nitrogen and oxygen atoms in total. The number of rotatable bonds is 5. The van der Waals surface area contributed by atoms with Crippen LogP contribution in [-0.2, 0) is 0 Å². The van der Waals surface area contributed by atoms with Crippen molar-refractivity contribution in [2.45, 2.75) is 0 Å². The molecule has 0 aliphatic rings. The summed E-state index contributed by atoms with van der Waals surface area (Å²) >= 11 is 0. The summed E-state index contributed by atoms with van der Waals surface area (Å²) in [4.78, 5) is 4.08. The number of methoxy groups -OCH3 is 2. The van der Waals surface area contributed by atoms with Crippen molar-refractivity contribution in [1.82, 2.24) is 4.98 Å². The van der Waals surface area contributed by atoms with Gasteiger partial charge in [-0.25, -0.2) is 4.98 Å². The van der Waals surface area contributed by atoms with Crippen LogP contribution in [0.1, 0.15) is 5.56 Å². The number of hydrazone groups is 1. The molecule has 1 aromatic carbocycles. The zero-order chi connectivity index (χ0) is 14.4. The quantitative estimate of drug-likeness (QED) is 0.645. The standard InChI is InChI=1S/C14H15N3O3/c1-19-11-7-10(8-12(20-2)14(11)18)9-16-17-13-5-3-4-6-15-13/h3-9,18H,1-2H3,(H,15,17). The molecule has 0 saturated heterocycles. The normalized spacial score (nSPS) is 10.5. The molecule has 2 N–H and O–H groups in total. The van der Waals surface area contributed by atoms with Gasteiger partial charge >= 0.3 is 0 Å². The van der Waals surface area contributed by atoms with Crippen molar-refractivity contribution in [2.75, 3.05) is 19.6 Å². The Morgan fingerprint density at radius 3 is 2.45 bits per heavy atom. The predicted octanol–water partition coefficient (Wildman–Crippen LogP) is 2.25. The summed E-state index contributed by atoms with van der Waals surface area (Å²) < 4.78 is 10.1. The highest BCUT2D eigenvalue weighted by Gasteiger charge is 2.09. The van der Waals surface area contributed by atoms with Crippen LogP contribution in [0, 0.1) is 0 Å². The van der Waals surface area contributed by atoms with Gasteiger partial charge in [0, 0.05) is 11.8 Å². The number of benzene rings is 1. The molecule has 0 fully saturated rings. The number of ether oxygens (including phenoxy) is 2. The molecule has 0 spiro atoms. The third-order valence-electron chi connectivity index (χ3n) is 2.56. The van der Waals surface area contributed by atoms with Crippen molar-refractivity contribution in [2.24, 2.45) is 5.10 Å². The van der Waals surface area contributed by atoms with Crippen molar-refractivity contribution in [3.63, 3.8) is 0 Å². The predicted molar refractivity (Wildman–Crippen MR) is 76.7 cm³/mol. The molecule has 0 aliphatic carbocycles. The topological polar surface area (TPSA) is 76.0 Å². The van der Waals surface area contributed by atoms with E-state index in [0.29, 0.717) is 17.3 Å². The van der Waals surface area contributed by atoms with Gasteiger partial charge in [0.2, 0.25) is 5.75 Å². The highest BCUT2D eigenvalue weighted by atomic mass is 16.5. The molecule has 0 radical (unpaired) electrons. The number of nitrogens with zero attached hydrogens (tertiary/aromatic N) is 2. The van der Waals surface area contributed by atoms with Crippen LogP contribution in [0.5, 0.6) is 17.2 Å². The number of phenols is 1. The smallest absolute Gasteiger partial charge is 0.200 e. The van der Waals surface area contributed by atoms with E-state index in [4.69, 9.17) is 9.47 Å². The van der Waals surface area contributed by atoms with E-state index in [9.17, 15) is 5.11 Å². The lowest BCUT2D eigenvalue weighted by atomic mass is 10.2. The van der Waals surface area contributed by atoms with Crippen LogP contribution in [0.2, 0.25) is 0 Å². The fourth-order valence-corrected chi connectivity index (χ4v) is 1.59. The minimum absolute atomic E-state index is 0.0372. The fourth-order valence-electron chi connectivity index (χ4n) is 1.59. The van der Waals surface area contributed by atoms with E-state index in [-0.39, 0.29) is 5.75 Å². The van der Waals surface area contributed by atoms with Gasteiger partial charge in [-0.05, 0) is 24.3 Å². The maximum absolute atomic E-state index is 9.80. The summed E-state index contributed by atoms with van der Waals surface area (Å²) in [5, 5.41) is 13.9. The Morgan fingerprint density at radius 1 is 1.20 bits per heavy atom. The molecule has 1 aromatic heterocycles. The number of phenolic OH excluding ortho intramolecular Hbond substituents is 1. The molecule has 0 bridgehead atoms. The van der Waals surface area contributed by atoms with Gasteiger partial charge in [-0.3, -0.25) is 5.43 Å². The number of hydrogen-bond donors (Lipinski definition) is 2. The minimum Gasteiger partial charge on any atom is -0.502 e. The van der Waals surface area contributed by atoms with E-state index < -0.39 is 0 Å². The first kappa shape index (κ1) is 13.7. The van der Waals surface area contributed by atoms with Crippen LogP contribution in [0.3, 0.4) is 0 Å². The Bertz CT molecular complexity index is 575. The SMILES string of the molecule is COc1cc(C=NNc2ccccn2)cc(OC)c1O. The van der Waals surface area contributed by atoms with E-state index in [1.54, 1.807) is 30.6 Å². The zero-order valence-electron chi connectivity index (χ0n) is 11.2. The van der Waals surface area contributed by atoms with Crippen molar-refractivity contribution < 1.29 is 14.6 Å². The van der Waals surface area contributed by atoms with Crippen LogP contribution in [0.25, 0.3) is 0 Å². The molecule has 0 saturated carbocycles. The number of hydrogen-bond acceptors (Lipinski definition) is 6. The average Bonchev–Trinajstić information content (AvgIpc) is 2.49. The molecule has 2 aromatic rings. The van der Waals surface area contributed by atoms with Gasteiger partial charge in [0.1, 0.15) is 5.82 Å². The van der Waals surface area contributed by atoms with E-state index >= 15 is 0 Å². The maximum Gasteiger partial charge on any atom is 0.200 e. The molecular weight excluding hydrogens is 258 g/mol. The van der Waals surface area contributed by atoms with Crippen molar-refractivity contribution in [1.29, 1.82) is 0 Å². The largest absolute Gasteiger partial charge is 0.502 e. The molecule has 0 aliphatic heterocycles.